The number of amides is 1. The summed E-state index contributed by atoms with van der Waals surface area (Å²) < 4.78 is 7.04. The third-order valence-corrected chi connectivity index (χ3v) is 6.05. The van der Waals surface area contributed by atoms with E-state index in [4.69, 9.17) is 4.42 Å². The highest BCUT2D eigenvalue weighted by Gasteiger charge is 2.36. The zero-order chi connectivity index (χ0) is 18.5. The van der Waals surface area contributed by atoms with E-state index in [-0.39, 0.29) is 42.0 Å². The molecule has 2 aliphatic heterocycles. The maximum atomic E-state index is 12.8. The molecule has 8 heteroatoms. The number of para-hydroxylation sites is 1. The van der Waals surface area contributed by atoms with Gasteiger partial charge in [0, 0.05) is 30.6 Å². The fourth-order valence-corrected chi connectivity index (χ4v) is 4.53. The summed E-state index contributed by atoms with van der Waals surface area (Å²) >= 11 is 0. The summed E-state index contributed by atoms with van der Waals surface area (Å²) in [6, 6.07) is 8.69. The fraction of sp³-hybridized carbons (Fsp3) is 0.450. The van der Waals surface area contributed by atoms with Crippen molar-refractivity contribution in [2.45, 2.75) is 50.4 Å². The second-order valence-electron chi connectivity index (χ2n) is 7.72. The van der Waals surface area contributed by atoms with Crippen LogP contribution in [0.25, 0.3) is 22.1 Å². The van der Waals surface area contributed by atoms with Crippen LogP contribution in [0.3, 0.4) is 0 Å². The molecule has 2 unspecified atom stereocenters. The Bertz CT molecular complexity index is 1080. The van der Waals surface area contributed by atoms with Crippen LogP contribution in [0, 0.1) is 0 Å². The van der Waals surface area contributed by atoms with Crippen LogP contribution in [0.1, 0.15) is 25.7 Å². The van der Waals surface area contributed by atoms with E-state index in [2.05, 4.69) is 10.3 Å². The maximum Gasteiger partial charge on any atom is 0.297 e. The number of rotatable bonds is 3. The maximum absolute atomic E-state index is 12.8. The number of benzene rings is 1. The molecule has 0 saturated carbocycles. The van der Waals surface area contributed by atoms with Crippen LogP contribution in [-0.4, -0.2) is 45.5 Å². The Hall–Kier alpha value is -2.38. The summed E-state index contributed by atoms with van der Waals surface area (Å²) in [5.74, 6) is -0.0688. The molecular formula is C20H23ClN4O3. The van der Waals surface area contributed by atoms with E-state index in [1.54, 1.807) is 4.90 Å². The van der Waals surface area contributed by atoms with Gasteiger partial charge in [-0.1, -0.05) is 12.1 Å². The second kappa shape index (κ2) is 7.22. The molecule has 4 heterocycles. The van der Waals surface area contributed by atoms with Gasteiger partial charge in [0.1, 0.15) is 17.6 Å². The molecule has 2 aromatic heterocycles. The Balaban J connectivity index is 0.00000192. The second-order valence-corrected chi connectivity index (χ2v) is 7.72. The molecule has 5 rings (SSSR count). The minimum absolute atomic E-state index is 0. The van der Waals surface area contributed by atoms with Gasteiger partial charge in [0.15, 0.2) is 0 Å². The van der Waals surface area contributed by atoms with Crippen molar-refractivity contribution in [2.75, 3.05) is 7.05 Å². The number of hydrogen-bond donors (Lipinski definition) is 1. The number of carbonyl (C=O) groups excluding carboxylic acids is 1. The Labute approximate surface area is 168 Å². The Kier molecular flexibility index (Phi) is 4.89. The van der Waals surface area contributed by atoms with Gasteiger partial charge in [0.25, 0.3) is 5.56 Å². The van der Waals surface area contributed by atoms with E-state index in [0.29, 0.717) is 23.2 Å². The lowest BCUT2D eigenvalue weighted by atomic mass is 9.98. The molecule has 2 aliphatic rings. The molecule has 1 aromatic carbocycles. The molecule has 2 fully saturated rings. The smallest absolute Gasteiger partial charge is 0.297 e. The van der Waals surface area contributed by atoms with Gasteiger partial charge >= 0.3 is 0 Å². The Morgan fingerprint density at radius 1 is 1.29 bits per heavy atom. The third kappa shape index (κ3) is 3.08. The van der Waals surface area contributed by atoms with Crippen molar-refractivity contribution in [3.63, 3.8) is 0 Å². The topological polar surface area (TPSA) is 80.4 Å². The van der Waals surface area contributed by atoms with E-state index in [1.807, 2.05) is 31.3 Å². The zero-order valence-electron chi connectivity index (χ0n) is 15.6. The number of carbonyl (C=O) groups is 1. The first kappa shape index (κ1) is 19.0. The Morgan fingerprint density at radius 3 is 2.75 bits per heavy atom. The summed E-state index contributed by atoms with van der Waals surface area (Å²) in [6.07, 6.45) is 5.79. The minimum Gasteiger partial charge on any atom is -0.448 e. The predicted molar refractivity (Wildman–Crippen MR) is 109 cm³/mol. The molecule has 0 aliphatic carbocycles. The van der Waals surface area contributed by atoms with E-state index in [1.165, 1.54) is 23.7 Å². The highest BCUT2D eigenvalue weighted by molar-refractivity contribution is 6.01. The first-order chi connectivity index (χ1) is 13.1. The average molecular weight is 403 g/mol. The molecule has 1 N–H and O–H groups in total. The normalized spacial score (nSPS) is 23.7. The molecule has 0 spiro atoms. The fourth-order valence-electron chi connectivity index (χ4n) is 4.53. The molecule has 7 nitrogen and oxygen atoms in total. The number of piperidine rings is 1. The number of furan rings is 1. The number of likely N-dealkylation sites (N-methyl/N-ethyl adjacent to an activating group) is 1. The SMILES string of the molecule is CN(C(=O)Cn1cnc2c(oc3ccccc32)c1=O)C1CC2CCC(C1)N2.Cl. The zero-order valence-corrected chi connectivity index (χ0v) is 16.4. The molecule has 1 amide bonds. The lowest BCUT2D eigenvalue weighted by Crippen LogP contribution is -2.49. The third-order valence-electron chi connectivity index (χ3n) is 6.05. The summed E-state index contributed by atoms with van der Waals surface area (Å²) in [7, 11) is 1.84. The lowest BCUT2D eigenvalue weighted by Gasteiger charge is -2.35. The summed E-state index contributed by atoms with van der Waals surface area (Å²) in [4.78, 5) is 31.8. The molecule has 2 atom stereocenters. The van der Waals surface area contributed by atoms with Crippen molar-refractivity contribution < 1.29 is 9.21 Å². The van der Waals surface area contributed by atoms with Crippen molar-refractivity contribution in [3.8, 4) is 0 Å². The molecule has 28 heavy (non-hydrogen) atoms. The number of fused-ring (bicyclic) bond motifs is 5. The number of nitrogens with one attached hydrogen (secondary N) is 1. The van der Waals surface area contributed by atoms with Crippen LogP contribution in [0.15, 0.2) is 39.8 Å². The molecular weight excluding hydrogens is 380 g/mol. The van der Waals surface area contributed by atoms with E-state index in [0.717, 1.165) is 18.2 Å². The average Bonchev–Trinajstić information content (AvgIpc) is 3.23. The van der Waals surface area contributed by atoms with Gasteiger partial charge in [-0.2, -0.15) is 0 Å². The molecule has 2 bridgehead atoms. The van der Waals surface area contributed by atoms with Crippen LogP contribution in [0.2, 0.25) is 0 Å². The van der Waals surface area contributed by atoms with Gasteiger partial charge in [-0.05, 0) is 37.8 Å². The molecule has 148 valence electrons. The van der Waals surface area contributed by atoms with Gasteiger partial charge < -0.3 is 14.6 Å². The van der Waals surface area contributed by atoms with Crippen molar-refractivity contribution >= 4 is 40.4 Å². The number of aromatic nitrogens is 2. The highest BCUT2D eigenvalue weighted by atomic mass is 35.5. The monoisotopic (exact) mass is 402 g/mol. The van der Waals surface area contributed by atoms with Crippen LogP contribution >= 0.6 is 12.4 Å². The number of nitrogens with zero attached hydrogens (tertiary/aromatic N) is 3. The van der Waals surface area contributed by atoms with Gasteiger partial charge in [-0.3, -0.25) is 14.2 Å². The van der Waals surface area contributed by atoms with Gasteiger partial charge in [-0.25, -0.2) is 4.98 Å². The highest BCUT2D eigenvalue weighted by Crippen LogP contribution is 2.29. The van der Waals surface area contributed by atoms with E-state index < -0.39 is 0 Å². The number of hydrogen-bond acceptors (Lipinski definition) is 5. The lowest BCUT2D eigenvalue weighted by molar-refractivity contribution is -0.133. The summed E-state index contributed by atoms with van der Waals surface area (Å²) in [5.41, 5.74) is 1.06. The Morgan fingerprint density at radius 2 is 2.00 bits per heavy atom. The van der Waals surface area contributed by atoms with E-state index in [9.17, 15) is 9.59 Å². The number of halogens is 1. The minimum atomic E-state index is -0.316. The summed E-state index contributed by atoms with van der Waals surface area (Å²) in [6.45, 7) is -0.0193. The predicted octanol–water partition coefficient (Wildman–Crippen LogP) is 2.31. The van der Waals surface area contributed by atoms with Crippen LogP contribution < -0.4 is 10.9 Å². The molecule has 2 saturated heterocycles. The molecule has 3 aromatic rings. The largest absolute Gasteiger partial charge is 0.448 e. The first-order valence-electron chi connectivity index (χ1n) is 9.48. The van der Waals surface area contributed by atoms with E-state index >= 15 is 0 Å². The van der Waals surface area contributed by atoms with Gasteiger partial charge in [0.2, 0.25) is 11.5 Å². The van der Waals surface area contributed by atoms with Crippen molar-refractivity contribution in [3.05, 3.63) is 40.9 Å². The van der Waals surface area contributed by atoms with Crippen molar-refractivity contribution in [1.82, 2.24) is 19.8 Å². The van der Waals surface area contributed by atoms with Crippen LogP contribution in [0.4, 0.5) is 0 Å². The van der Waals surface area contributed by atoms with Crippen molar-refractivity contribution in [1.29, 1.82) is 0 Å². The standard InChI is InChI=1S/C20H22N4O3.ClH/c1-23(14-8-12-6-7-13(9-14)22-12)17(25)10-24-11-21-18-15-4-2-3-5-16(15)27-19(18)20(24)26;/h2-5,11-14,22H,6-10H2,1H3;1H. The summed E-state index contributed by atoms with van der Waals surface area (Å²) in [5, 5.41) is 4.40. The quantitative estimate of drug-likeness (QED) is 0.727. The molecule has 0 radical (unpaired) electrons. The van der Waals surface area contributed by atoms with Gasteiger partial charge in [-0.15, -0.1) is 12.4 Å². The van der Waals surface area contributed by atoms with Gasteiger partial charge in [0.05, 0.1) is 6.33 Å². The first-order valence-corrected chi connectivity index (χ1v) is 9.48. The van der Waals surface area contributed by atoms with Crippen molar-refractivity contribution in [2.24, 2.45) is 0 Å². The van der Waals surface area contributed by atoms with Crippen LogP contribution in [-0.2, 0) is 11.3 Å². The van der Waals surface area contributed by atoms with Crippen LogP contribution in [0.5, 0.6) is 0 Å².